The molecule has 4 aliphatic rings. The van der Waals surface area contributed by atoms with E-state index in [-0.39, 0.29) is 30.2 Å². The van der Waals surface area contributed by atoms with E-state index in [0.717, 1.165) is 42.5 Å². The molecule has 3 heterocycles. The molecule has 0 spiro atoms. The molecule has 2 aromatic carbocycles. The fourth-order valence-corrected chi connectivity index (χ4v) is 8.12. The highest BCUT2D eigenvalue weighted by molar-refractivity contribution is 5.88. The number of rotatable bonds is 7. The number of halogens is 2. The van der Waals surface area contributed by atoms with E-state index in [2.05, 4.69) is 16.7 Å². The summed E-state index contributed by atoms with van der Waals surface area (Å²) in [7, 11) is 1.60. The molecule has 6 rings (SSSR count). The lowest BCUT2D eigenvalue weighted by Crippen LogP contribution is -2.50. The van der Waals surface area contributed by atoms with E-state index in [4.69, 9.17) is 4.74 Å². The maximum atomic E-state index is 17.5. The Labute approximate surface area is 259 Å². The van der Waals surface area contributed by atoms with E-state index in [1.165, 1.54) is 12.1 Å². The number of anilines is 1. The van der Waals surface area contributed by atoms with E-state index in [0.29, 0.717) is 63.7 Å². The monoisotopic (exact) mass is 609 g/mol. The third kappa shape index (κ3) is 6.04. The van der Waals surface area contributed by atoms with E-state index in [1.54, 1.807) is 18.1 Å². The first-order valence-corrected chi connectivity index (χ1v) is 16.3. The lowest BCUT2D eigenvalue weighted by atomic mass is 9.85. The zero-order chi connectivity index (χ0) is 31.0. The third-order valence-corrected chi connectivity index (χ3v) is 10.9. The van der Waals surface area contributed by atoms with E-state index in [9.17, 15) is 19.1 Å². The van der Waals surface area contributed by atoms with E-state index < -0.39 is 23.5 Å². The molecule has 1 amide bonds. The maximum Gasteiger partial charge on any atom is 0.306 e. The number of hydrogen-bond acceptors (Lipinski definition) is 5. The number of piperidine rings is 1. The van der Waals surface area contributed by atoms with E-state index >= 15 is 4.39 Å². The average Bonchev–Trinajstić information content (AvgIpc) is 3.67. The van der Waals surface area contributed by atoms with Crippen LogP contribution in [0.25, 0.3) is 0 Å². The molecule has 0 unspecified atom stereocenters. The number of hydrogen-bond donors (Lipinski definition) is 1. The number of carboxylic acids is 1. The van der Waals surface area contributed by atoms with Crippen molar-refractivity contribution in [3.8, 4) is 5.75 Å². The molecule has 0 bridgehead atoms. The molecular formula is C35H45F2N3O4. The van der Waals surface area contributed by atoms with Gasteiger partial charge in [-0.15, -0.1) is 0 Å². The fraction of sp³-hybridized carbons (Fsp3) is 0.600. The average molecular weight is 610 g/mol. The van der Waals surface area contributed by atoms with Crippen molar-refractivity contribution in [2.45, 2.75) is 75.4 Å². The van der Waals surface area contributed by atoms with Gasteiger partial charge in [-0.05, 0) is 86.3 Å². The molecule has 3 atom stereocenters. The summed E-state index contributed by atoms with van der Waals surface area (Å²) in [5.41, 5.74) is 0.476. The first-order chi connectivity index (χ1) is 21.2. The lowest BCUT2D eigenvalue weighted by molar-refractivity contribution is -0.143. The Kier molecular flexibility index (Phi) is 8.86. The number of carbonyl (C=O) groups is 2. The van der Waals surface area contributed by atoms with Gasteiger partial charge in [0.15, 0.2) is 0 Å². The number of carbonyl (C=O) groups excluding carboxylic acids is 1. The topological polar surface area (TPSA) is 73.3 Å². The summed E-state index contributed by atoms with van der Waals surface area (Å²) in [4.78, 5) is 31.7. The Bertz CT molecular complexity index is 1340. The Hall–Kier alpha value is -3.20. The number of methoxy groups -OCH3 is 1. The first-order valence-electron chi connectivity index (χ1n) is 16.3. The van der Waals surface area contributed by atoms with Crippen LogP contribution >= 0.6 is 0 Å². The van der Waals surface area contributed by atoms with Crippen molar-refractivity contribution in [3.63, 3.8) is 0 Å². The smallest absolute Gasteiger partial charge is 0.306 e. The second-order valence-electron chi connectivity index (χ2n) is 13.6. The lowest BCUT2D eigenvalue weighted by Gasteiger charge is -2.35. The van der Waals surface area contributed by atoms with Gasteiger partial charge in [-0.25, -0.2) is 8.78 Å². The highest BCUT2D eigenvalue weighted by Crippen LogP contribution is 2.45. The molecule has 7 nitrogen and oxygen atoms in total. The van der Waals surface area contributed by atoms with Crippen molar-refractivity contribution >= 4 is 17.6 Å². The van der Waals surface area contributed by atoms with Crippen molar-refractivity contribution in [2.24, 2.45) is 11.8 Å². The minimum atomic E-state index is -2.04. The zero-order valence-electron chi connectivity index (χ0n) is 25.9. The summed E-state index contributed by atoms with van der Waals surface area (Å²) in [5.74, 6) is -1.20. The Balaban J connectivity index is 1.22. The van der Waals surface area contributed by atoms with Gasteiger partial charge >= 0.3 is 5.97 Å². The summed E-state index contributed by atoms with van der Waals surface area (Å²) >= 11 is 0. The quantitative estimate of drug-likeness (QED) is 0.426. The number of ether oxygens (including phenoxy) is 1. The molecule has 4 fully saturated rings. The minimum absolute atomic E-state index is 0.0490. The predicted molar refractivity (Wildman–Crippen MR) is 165 cm³/mol. The highest BCUT2D eigenvalue weighted by Gasteiger charge is 2.57. The summed E-state index contributed by atoms with van der Waals surface area (Å²) in [5, 5.41) is 9.42. The number of likely N-dealkylation sites (tertiary alicyclic amines) is 2. The molecule has 1 saturated carbocycles. The zero-order valence-corrected chi connectivity index (χ0v) is 25.9. The van der Waals surface area contributed by atoms with Gasteiger partial charge in [0.25, 0.3) is 5.91 Å². The van der Waals surface area contributed by atoms with Crippen molar-refractivity contribution in [1.82, 2.24) is 9.80 Å². The second-order valence-corrected chi connectivity index (χ2v) is 13.6. The summed E-state index contributed by atoms with van der Waals surface area (Å²) in [6, 6.07) is 12.5. The van der Waals surface area contributed by atoms with Gasteiger partial charge in [0.05, 0.1) is 13.0 Å². The van der Waals surface area contributed by atoms with Crippen LogP contribution in [0.4, 0.5) is 14.5 Å². The molecule has 2 aromatic rings. The molecule has 3 aliphatic heterocycles. The number of amides is 1. The Morgan fingerprint density at radius 2 is 1.64 bits per heavy atom. The van der Waals surface area contributed by atoms with Gasteiger partial charge in [0.1, 0.15) is 11.6 Å². The Morgan fingerprint density at radius 1 is 0.932 bits per heavy atom. The molecule has 1 aliphatic carbocycles. The summed E-state index contributed by atoms with van der Waals surface area (Å²) in [6.07, 6.45) is 6.01. The van der Waals surface area contributed by atoms with Crippen molar-refractivity contribution in [2.75, 3.05) is 51.3 Å². The van der Waals surface area contributed by atoms with Gasteiger partial charge in [-0.1, -0.05) is 25.1 Å². The molecule has 9 heteroatoms. The van der Waals surface area contributed by atoms with Crippen molar-refractivity contribution in [1.29, 1.82) is 0 Å². The fourth-order valence-electron chi connectivity index (χ4n) is 8.12. The maximum absolute atomic E-state index is 17.5. The standard InChI is InChI=1S/C35H45F2N3O4/c1-23-3-8-28(9-4-23)40-21-31(24-5-10-29(44-2)11-6-24)35(37,22-40)34(43)39-18-15-26(20-39)30-12-7-27(36)19-32(30)38-16-13-25(14-17-38)33(41)42/h5-7,10-12,19,23,25-26,28,31H,3-4,8-9,13-18,20-22H2,1-2H3,(H,41,42)/t23-,26-,28-,31+,35+/m1/s1. The molecule has 0 radical (unpaired) electrons. The number of nitrogens with zero attached hydrogens (tertiary/aromatic N) is 3. The molecular weight excluding hydrogens is 564 g/mol. The molecule has 238 valence electrons. The first kappa shape index (κ1) is 30.8. The van der Waals surface area contributed by atoms with Crippen LogP contribution in [0.2, 0.25) is 0 Å². The Morgan fingerprint density at radius 3 is 2.30 bits per heavy atom. The summed E-state index contributed by atoms with van der Waals surface area (Å²) < 4.78 is 37.3. The van der Waals surface area contributed by atoms with Gasteiger partial charge in [0.2, 0.25) is 5.67 Å². The predicted octanol–water partition coefficient (Wildman–Crippen LogP) is 5.84. The van der Waals surface area contributed by atoms with Crippen LogP contribution in [0, 0.1) is 17.7 Å². The summed E-state index contributed by atoms with van der Waals surface area (Å²) in [6.45, 7) is 4.79. The van der Waals surface area contributed by atoms with Crippen LogP contribution in [-0.2, 0) is 9.59 Å². The molecule has 0 aromatic heterocycles. The SMILES string of the molecule is COc1ccc([C@@H]2CN([C@H]3CC[C@H](C)CC3)C[C@@]2(F)C(=O)N2CC[C@@H](c3ccc(F)cc3N3CCC(C(=O)O)CC3)C2)cc1. The van der Waals surface area contributed by atoms with Crippen LogP contribution in [-0.4, -0.2) is 84.9 Å². The normalized spacial score (nSPS) is 30.1. The van der Waals surface area contributed by atoms with Crippen molar-refractivity contribution in [3.05, 3.63) is 59.4 Å². The second kappa shape index (κ2) is 12.7. The van der Waals surface area contributed by atoms with Crippen LogP contribution < -0.4 is 9.64 Å². The van der Waals surface area contributed by atoms with E-state index in [1.807, 2.05) is 24.3 Å². The number of alkyl halides is 1. The van der Waals surface area contributed by atoms with Gasteiger partial charge in [-0.2, -0.15) is 0 Å². The number of aliphatic carboxylic acids is 1. The van der Waals surface area contributed by atoms with Gasteiger partial charge in [-0.3, -0.25) is 14.5 Å². The van der Waals surface area contributed by atoms with Crippen LogP contribution in [0.3, 0.4) is 0 Å². The number of benzene rings is 2. The molecule has 3 saturated heterocycles. The van der Waals surface area contributed by atoms with Gasteiger partial charge < -0.3 is 19.6 Å². The van der Waals surface area contributed by atoms with Gasteiger partial charge in [0, 0.05) is 62.8 Å². The van der Waals surface area contributed by atoms with Crippen molar-refractivity contribution < 1.29 is 28.2 Å². The number of carboxylic acid groups (broad SMARTS) is 1. The van der Waals surface area contributed by atoms with Crippen LogP contribution in [0.5, 0.6) is 5.75 Å². The molecule has 1 N–H and O–H groups in total. The van der Waals surface area contributed by atoms with Crippen LogP contribution in [0.15, 0.2) is 42.5 Å². The minimum Gasteiger partial charge on any atom is -0.497 e. The highest BCUT2D eigenvalue weighted by atomic mass is 19.1. The largest absolute Gasteiger partial charge is 0.497 e. The molecule has 44 heavy (non-hydrogen) atoms. The van der Waals surface area contributed by atoms with Crippen LogP contribution in [0.1, 0.15) is 74.8 Å². The third-order valence-electron chi connectivity index (χ3n) is 10.9.